The number of alkyl halides is 1. The second-order valence-electron chi connectivity index (χ2n) is 4.67. The fraction of sp³-hybridized carbons (Fsp3) is 0.643. The first-order chi connectivity index (χ1) is 8.86. The van der Waals surface area contributed by atoms with Gasteiger partial charge in [0, 0.05) is 24.7 Å². The molecule has 4 heteroatoms. The van der Waals surface area contributed by atoms with Crippen LogP contribution < -0.4 is 9.64 Å². The smallest absolute Gasteiger partial charge is 0.171 e. The van der Waals surface area contributed by atoms with E-state index >= 15 is 0 Å². The van der Waals surface area contributed by atoms with Gasteiger partial charge in [-0.2, -0.15) is 0 Å². The maximum atomic E-state index is 6.07. The van der Waals surface area contributed by atoms with Crippen molar-refractivity contribution in [3.63, 3.8) is 0 Å². The maximum Gasteiger partial charge on any atom is 0.171 e. The molecule has 100 valence electrons. The van der Waals surface area contributed by atoms with Crippen molar-refractivity contribution < 1.29 is 4.74 Å². The van der Waals surface area contributed by atoms with Gasteiger partial charge in [-0.15, -0.1) is 11.6 Å². The number of rotatable bonds is 5. The molecule has 1 aliphatic heterocycles. The molecule has 1 saturated heterocycles. The molecular weight excluding hydrogens is 248 g/mol. The summed E-state index contributed by atoms with van der Waals surface area (Å²) in [6.07, 6.45) is 6.44. The van der Waals surface area contributed by atoms with Crippen molar-refractivity contribution in [2.24, 2.45) is 0 Å². The van der Waals surface area contributed by atoms with Gasteiger partial charge in [0.25, 0.3) is 0 Å². The van der Waals surface area contributed by atoms with Crippen LogP contribution in [-0.4, -0.2) is 30.1 Å². The summed E-state index contributed by atoms with van der Waals surface area (Å²) in [7, 11) is 0. The van der Waals surface area contributed by atoms with Gasteiger partial charge in [-0.1, -0.05) is 6.92 Å². The summed E-state index contributed by atoms with van der Waals surface area (Å²) in [6.45, 7) is 3.87. The highest BCUT2D eigenvalue weighted by Gasteiger charge is 2.25. The van der Waals surface area contributed by atoms with Crippen molar-refractivity contribution in [1.82, 2.24) is 4.98 Å². The lowest BCUT2D eigenvalue weighted by atomic mass is 10.0. The second-order valence-corrected chi connectivity index (χ2v) is 4.98. The van der Waals surface area contributed by atoms with Crippen LogP contribution in [0.2, 0.25) is 0 Å². The highest BCUT2D eigenvalue weighted by atomic mass is 35.5. The second kappa shape index (κ2) is 6.83. The Morgan fingerprint density at radius 2 is 2.39 bits per heavy atom. The van der Waals surface area contributed by atoms with Gasteiger partial charge in [-0.25, -0.2) is 4.98 Å². The minimum Gasteiger partial charge on any atom is -0.490 e. The predicted molar refractivity (Wildman–Crippen MR) is 75.7 cm³/mol. The minimum atomic E-state index is 0.388. The third kappa shape index (κ3) is 3.08. The molecule has 0 N–H and O–H groups in total. The van der Waals surface area contributed by atoms with E-state index in [0.717, 1.165) is 37.6 Å². The number of piperidine rings is 1. The summed E-state index contributed by atoms with van der Waals surface area (Å²) >= 11 is 6.07. The predicted octanol–water partition coefficient (Wildman–Crippen LogP) is 3.47. The van der Waals surface area contributed by atoms with Crippen molar-refractivity contribution in [2.75, 3.05) is 23.9 Å². The van der Waals surface area contributed by atoms with Crippen molar-refractivity contribution in [1.29, 1.82) is 0 Å². The van der Waals surface area contributed by atoms with Crippen LogP contribution >= 0.6 is 11.6 Å². The Morgan fingerprint density at radius 1 is 1.50 bits per heavy atom. The summed E-state index contributed by atoms with van der Waals surface area (Å²) in [4.78, 5) is 6.80. The van der Waals surface area contributed by atoms with Crippen LogP contribution in [0, 0.1) is 0 Å². The first kappa shape index (κ1) is 13.5. The van der Waals surface area contributed by atoms with Crippen LogP contribution in [0.1, 0.15) is 32.6 Å². The van der Waals surface area contributed by atoms with Gasteiger partial charge in [0.15, 0.2) is 11.6 Å². The SMILES string of the molecule is CCCOc1cccnc1N1CCCCC1CCl. The third-order valence-electron chi connectivity index (χ3n) is 3.29. The van der Waals surface area contributed by atoms with E-state index in [9.17, 15) is 0 Å². The average Bonchev–Trinajstić information content (AvgIpc) is 2.45. The molecule has 2 rings (SSSR count). The van der Waals surface area contributed by atoms with Crippen LogP contribution in [0.15, 0.2) is 18.3 Å². The third-order valence-corrected chi connectivity index (χ3v) is 3.65. The van der Waals surface area contributed by atoms with E-state index in [2.05, 4.69) is 16.8 Å². The van der Waals surface area contributed by atoms with Crippen LogP contribution in [-0.2, 0) is 0 Å². The number of ether oxygens (including phenoxy) is 1. The summed E-state index contributed by atoms with van der Waals surface area (Å²) in [6, 6.07) is 4.31. The van der Waals surface area contributed by atoms with Crippen molar-refractivity contribution in [3.8, 4) is 5.75 Å². The molecule has 1 fully saturated rings. The van der Waals surface area contributed by atoms with E-state index in [4.69, 9.17) is 16.3 Å². The Hall–Kier alpha value is -0.960. The van der Waals surface area contributed by atoms with E-state index in [1.54, 1.807) is 0 Å². The molecule has 1 aromatic heterocycles. The summed E-state index contributed by atoms with van der Waals surface area (Å²) in [5.74, 6) is 2.50. The quantitative estimate of drug-likeness (QED) is 0.765. The summed E-state index contributed by atoms with van der Waals surface area (Å²) < 4.78 is 5.79. The molecular formula is C14H21ClN2O. The van der Waals surface area contributed by atoms with Gasteiger partial charge >= 0.3 is 0 Å². The fourth-order valence-corrected chi connectivity index (χ4v) is 2.68. The number of halogens is 1. The fourth-order valence-electron chi connectivity index (χ4n) is 2.36. The molecule has 3 nitrogen and oxygen atoms in total. The molecule has 0 bridgehead atoms. The monoisotopic (exact) mass is 268 g/mol. The topological polar surface area (TPSA) is 25.4 Å². The minimum absolute atomic E-state index is 0.388. The molecule has 1 aliphatic rings. The molecule has 1 unspecified atom stereocenters. The van der Waals surface area contributed by atoms with Crippen molar-refractivity contribution in [3.05, 3.63) is 18.3 Å². The van der Waals surface area contributed by atoms with Gasteiger partial charge < -0.3 is 9.64 Å². The van der Waals surface area contributed by atoms with Crippen LogP contribution in [0.4, 0.5) is 5.82 Å². The standard InChI is InChI=1S/C14H21ClN2O/c1-2-10-18-13-7-5-8-16-14(13)17-9-4-3-6-12(17)11-15/h5,7-8,12H,2-4,6,9-11H2,1H3. The molecule has 0 aromatic carbocycles. The number of hydrogen-bond donors (Lipinski definition) is 0. The molecule has 1 aromatic rings. The Bertz CT molecular complexity index is 373. The molecule has 0 spiro atoms. The van der Waals surface area contributed by atoms with Crippen LogP contribution in [0.3, 0.4) is 0 Å². The summed E-state index contributed by atoms with van der Waals surface area (Å²) in [5, 5.41) is 0. The molecule has 2 heterocycles. The first-order valence-corrected chi connectivity index (χ1v) is 7.30. The lowest BCUT2D eigenvalue weighted by molar-refractivity contribution is 0.314. The number of aromatic nitrogens is 1. The van der Waals surface area contributed by atoms with Gasteiger partial charge in [0.05, 0.1) is 6.61 Å². The zero-order valence-corrected chi connectivity index (χ0v) is 11.7. The number of pyridine rings is 1. The average molecular weight is 269 g/mol. The molecule has 1 atom stereocenters. The van der Waals surface area contributed by atoms with E-state index in [-0.39, 0.29) is 0 Å². The lowest BCUT2D eigenvalue weighted by Gasteiger charge is -2.36. The lowest BCUT2D eigenvalue weighted by Crippen LogP contribution is -2.41. The van der Waals surface area contributed by atoms with Gasteiger partial charge in [-0.05, 0) is 37.8 Å². The highest BCUT2D eigenvalue weighted by Crippen LogP contribution is 2.31. The Labute approximate surface area is 114 Å². The molecule has 0 radical (unpaired) electrons. The van der Waals surface area contributed by atoms with Crippen molar-refractivity contribution >= 4 is 17.4 Å². The van der Waals surface area contributed by atoms with Crippen LogP contribution in [0.5, 0.6) is 5.75 Å². The van der Waals surface area contributed by atoms with E-state index in [1.165, 1.54) is 12.8 Å². The van der Waals surface area contributed by atoms with Crippen molar-refractivity contribution in [2.45, 2.75) is 38.6 Å². The highest BCUT2D eigenvalue weighted by molar-refractivity contribution is 6.18. The van der Waals surface area contributed by atoms with Crippen LogP contribution in [0.25, 0.3) is 0 Å². The van der Waals surface area contributed by atoms with E-state index in [1.807, 2.05) is 18.3 Å². The summed E-state index contributed by atoms with van der Waals surface area (Å²) in [5.41, 5.74) is 0. The number of nitrogens with zero attached hydrogens (tertiary/aromatic N) is 2. The maximum absolute atomic E-state index is 6.07. The molecule has 18 heavy (non-hydrogen) atoms. The zero-order chi connectivity index (χ0) is 12.8. The van der Waals surface area contributed by atoms with E-state index < -0.39 is 0 Å². The molecule has 0 saturated carbocycles. The molecule has 0 aliphatic carbocycles. The Kier molecular flexibility index (Phi) is 5.12. The molecule has 0 amide bonds. The Balaban J connectivity index is 2.19. The number of anilines is 1. The first-order valence-electron chi connectivity index (χ1n) is 6.77. The zero-order valence-electron chi connectivity index (χ0n) is 10.9. The largest absolute Gasteiger partial charge is 0.490 e. The Morgan fingerprint density at radius 3 is 3.17 bits per heavy atom. The van der Waals surface area contributed by atoms with Gasteiger partial charge in [0.1, 0.15) is 0 Å². The van der Waals surface area contributed by atoms with E-state index in [0.29, 0.717) is 11.9 Å². The van der Waals surface area contributed by atoms with Gasteiger partial charge in [0.2, 0.25) is 0 Å². The van der Waals surface area contributed by atoms with Gasteiger partial charge in [-0.3, -0.25) is 0 Å². The normalized spacial score (nSPS) is 19.9. The number of hydrogen-bond acceptors (Lipinski definition) is 3.